The Labute approximate surface area is 144 Å². The SMILES string of the molecule is CCCC(NCC(=O)NC(C)c1ccc(CC(C)C)cc1)C(=O)O. The van der Waals surface area contributed by atoms with Crippen molar-refractivity contribution in [3.05, 3.63) is 35.4 Å². The number of carbonyl (C=O) groups is 2. The van der Waals surface area contributed by atoms with E-state index in [2.05, 4.69) is 36.6 Å². The molecule has 3 N–H and O–H groups in total. The zero-order chi connectivity index (χ0) is 18.1. The quantitative estimate of drug-likeness (QED) is 0.615. The van der Waals surface area contributed by atoms with E-state index in [0.29, 0.717) is 12.3 Å². The standard InChI is InChI=1S/C19H30N2O3/c1-5-6-17(19(23)24)20-12-18(22)21-14(4)16-9-7-15(8-10-16)11-13(2)3/h7-10,13-14,17,20H,5-6,11-12H2,1-4H3,(H,21,22)(H,23,24). The van der Waals surface area contributed by atoms with E-state index < -0.39 is 12.0 Å². The summed E-state index contributed by atoms with van der Waals surface area (Å²) < 4.78 is 0. The normalized spacial score (nSPS) is 13.5. The van der Waals surface area contributed by atoms with Gasteiger partial charge in [0, 0.05) is 0 Å². The fourth-order valence-electron chi connectivity index (χ4n) is 2.61. The molecule has 0 bridgehead atoms. The number of carbonyl (C=O) groups excluding carboxylic acids is 1. The van der Waals surface area contributed by atoms with E-state index in [9.17, 15) is 9.59 Å². The fourth-order valence-corrected chi connectivity index (χ4v) is 2.61. The third kappa shape index (κ3) is 7.13. The lowest BCUT2D eigenvalue weighted by molar-refractivity contribution is -0.139. The Morgan fingerprint density at radius 2 is 1.75 bits per heavy atom. The van der Waals surface area contributed by atoms with Crippen LogP contribution in [0.25, 0.3) is 0 Å². The lowest BCUT2D eigenvalue weighted by Gasteiger charge is -2.17. The first-order valence-electron chi connectivity index (χ1n) is 8.67. The second-order valence-corrected chi connectivity index (χ2v) is 6.69. The minimum absolute atomic E-state index is 0.00669. The molecule has 5 nitrogen and oxygen atoms in total. The first kappa shape index (κ1) is 20.2. The summed E-state index contributed by atoms with van der Waals surface area (Å²) in [5, 5.41) is 14.8. The second kappa shape index (κ2) is 10.1. The van der Waals surface area contributed by atoms with Crippen molar-refractivity contribution >= 4 is 11.9 Å². The molecule has 0 spiro atoms. The highest BCUT2D eigenvalue weighted by Crippen LogP contribution is 2.15. The Hall–Kier alpha value is -1.88. The Balaban J connectivity index is 2.49. The first-order chi connectivity index (χ1) is 11.3. The average molecular weight is 334 g/mol. The van der Waals surface area contributed by atoms with Crippen molar-refractivity contribution in [1.82, 2.24) is 10.6 Å². The van der Waals surface area contributed by atoms with Gasteiger partial charge in [-0.25, -0.2) is 0 Å². The molecule has 2 atom stereocenters. The largest absolute Gasteiger partial charge is 0.480 e. The Morgan fingerprint density at radius 3 is 2.25 bits per heavy atom. The van der Waals surface area contributed by atoms with E-state index in [1.54, 1.807) is 0 Å². The van der Waals surface area contributed by atoms with Gasteiger partial charge in [-0.3, -0.25) is 14.9 Å². The second-order valence-electron chi connectivity index (χ2n) is 6.69. The van der Waals surface area contributed by atoms with Crippen LogP contribution in [0.3, 0.4) is 0 Å². The molecule has 1 rings (SSSR count). The van der Waals surface area contributed by atoms with Gasteiger partial charge in [0.05, 0.1) is 12.6 Å². The van der Waals surface area contributed by atoms with Crippen LogP contribution in [0.4, 0.5) is 0 Å². The maximum atomic E-state index is 12.0. The summed E-state index contributed by atoms with van der Waals surface area (Å²) >= 11 is 0. The number of hydrogen-bond acceptors (Lipinski definition) is 3. The highest BCUT2D eigenvalue weighted by molar-refractivity contribution is 5.80. The predicted octanol–water partition coefficient (Wildman–Crippen LogP) is 2.91. The maximum Gasteiger partial charge on any atom is 0.320 e. The maximum absolute atomic E-state index is 12.0. The third-order valence-electron chi connectivity index (χ3n) is 3.89. The van der Waals surface area contributed by atoms with E-state index >= 15 is 0 Å². The van der Waals surface area contributed by atoms with Gasteiger partial charge in [0.1, 0.15) is 6.04 Å². The summed E-state index contributed by atoms with van der Waals surface area (Å²) in [4.78, 5) is 23.1. The van der Waals surface area contributed by atoms with Gasteiger partial charge in [0.15, 0.2) is 0 Å². The molecule has 0 aliphatic carbocycles. The molecule has 24 heavy (non-hydrogen) atoms. The molecule has 0 saturated heterocycles. The molecule has 0 aliphatic rings. The van der Waals surface area contributed by atoms with Crippen LogP contribution in [0.2, 0.25) is 0 Å². The van der Waals surface area contributed by atoms with E-state index in [0.717, 1.165) is 18.4 Å². The van der Waals surface area contributed by atoms with Gasteiger partial charge < -0.3 is 10.4 Å². The third-order valence-corrected chi connectivity index (χ3v) is 3.89. The van der Waals surface area contributed by atoms with Crippen LogP contribution in [0.1, 0.15) is 57.7 Å². The summed E-state index contributed by atoms with van der Waals surface area (Å²) in [5.41, 5.74) is 2.33. The molecule has 0 saturated carbocycles. The minimum Gasteiger partial charge on any atom is -0.480 e. The Morgan fingerprint density at radius 1 is 1.12 bits per heavy atom. The van der Waals surface area contributed by atoms with Crippen molar-refractivity contribution in [3.8, 4) is 0 Å². The van der Waals surface area contributed by atoms with Crippen molar-refractivity contribution in [1.29, 1.82) is 0 Å². The highest BCUT2D eigenvalue weighted by Gasteiger charge is 2.17. The summed E-state index contributed by atoms with van der Waals surface area (Å²) in [6.07, 6.45) is 2.30. The lowest BCUT2D eigenvalue weighted by atomic mass is 10.00. The van der Waals surface area contributed by atoms with Crippen LogP contribution >= 0.6 is 0 Å². The minimum atomic E-state index is -0.918. The van der Waals surface area contributed by atoms with Crippen LogP contribution in [-0.2, 0) is 16.0 Å². The molecule has 134 valence electrons. The van der Waals surface area contributed by atoms with E-state index in [4.69, 9.17) is 5.11 Å². The molecule has 0 heterocycles. The summed E-state index contributed by atoms with van der Waals surface area (Å²) in [7, 11) is 0. The summed E-state index contributed by atoms with van der Waals surface area (Å²) in [6, 6.07) is 7.48. The van der Waals surface area contributed by atoms with Crippen molar-refractivity contribution in [2.45, 2.75) is 59.0 Å². The Bertz CT molecular complexity index is 526. The summed E-state index contributed by atoms with van der Waals surface area (Å²) in [5.74, 6) is -0.501. The van der Waals surface area contributed by atoms with Gasteiger partial charge in [-0.05, 0) is 36.8 Å². The topological polar surface area (TPSA) is 78.4 Å². The number of carboxylic acid groups (broad SMARTS) is 1. The van der Waals surface area contributed by atoms with Gasteiger partial charge in [0.2, 0.25) is 5.91 Å². The highest BCUT2D eigenvalue weighted by atomic mass is 16.4. The number of benzene rings is 1. The van der Waals surface area contributed by atoms with E-state index in [1.807, 2.05) is 26.0 Å². The smallest absolute Gasteiger partial charge is 0.320 e. The zero-order valence-electron chi connectivity index (χ0n) is 15.1. The number of amides is 1. The fraction of sp³-hybridized carbons (Fsp3) is 0.579. The van der Waals surface area contributed by atoms with Crippen molar-refractivity contribution in [2.24, 2.45) is 5.92 Å². The Kier molecular flexibility index (Phi) is 8.47. The molecule has 1 amide bonds. The molecular formula is C19H30N2O3. The van der Waals surface area contributed by atoms with Gasteiger partial charge >= 0.3 is 5.97 Å². The lowest BCUT2D eigenvalue weighted by Crippen LogP contribution is -2.43. The molecule has 1 aromatic rings. The van der Waals surface area contributed by atoms with Gasteiger partial charge in [-0.2, -0.15) is 0 Å². The monoisotopic (exact) mass is 334 g/mol. The molecular weight excluding hydrogens is 304 g/mol. The van der Waals surface area contributed by atoms with Crippen LogP contribution in [0.15, 0.2) is 24.3 Å². The van der Waals surface area contributed by atoms with E-state index in [-0.39, 0.29) is 18.5 Å². The van der Waals surface area contributed by atoms with E-state index in [1.165, 1.54) is 5.56 Å². The van der Waals surface area contributed by atoms with Gasteiger partial charge in [-0.15, -0.1) is 0 Å². The molecule has 1 aromatic carbocycles. The van der Waals surface area contributed by atoms with Crippen LogP contribution < -0.4 is 10.6 Å². The van der Waals surface area contributed by atoms with Crippen molar-refractivity contribution in [3.63, 3.8) is 0 Å². The van der Waals surface area contributed by atoms with Crippen molar-refractivity contribution in [2.75, 3.05) is 6.54 Å². The first-order valence-corrected chi connectivity index (χ1v) is 8.67. The molecule has 0 aliphatic heterocycles. The van der Waals surface area contributed by atoms with Gasteiger partial charge in [-0.1, -0.05) is 51.5 Å². The van der Waals surface area contributed by atoms with Crippen molar-refractivity contribution < 1.29 is 14.7 Å². The van der Waals surface area contributed by atoms with Crippen LogP contribution in [0.5, 0.6) is 0 Å². The molecule has 0 radical (unpaired) electrons. The number of hydrogen-bond donors (Lipinski definition) is 3. The number of rotatable bonds is 10. The van der Waals surface area contributed by atoms with Crippen LogP contribution in [-0.4, -0.2) is 29.6 Å². The summed E-state index contributed by atoms with van der Waals surface area (Å²) in [6.45, 7) is 8.23. The number of nitrogens with one attached hydrogen (secondary N) is 2. The predicted molar refractivity (Wildman–Crippen MR) is 95.9 cm³/mol. The molecule has 0 aromatic heterocycles. The van der Waals surface area contributed by atoms with Gasteiger partial charge in [0.25, 0.3) is 0 Å². The molecule has 0 fully saturated rings. The number of aliphatic carboxylic acids is 1. The zero-order valence-corrected chi connectivity index (χ0v) is 15.1. The molecule has 2 unspecified atom stereocenters. The number of carboxylic acids is 1. The average Bonchev–Trinajstić information content (AvgIpc) is 2.51. The molecule has 5 heteroatoms. The van der Waals surface area contributed by atoms with Crippen LogP contribution in [0, 0.1) is 5.92 Å².